The molecule has 0 amide bonds. The average Bonchev–Trinajstić information content (AvgIpc) is 2.96. The molecule has 2 unspecified atom stereocenters. The van der Waals surface area contributed by atoms with Gasteiger partial charge in [-0.1, -0.05) is 12.5 Å². The third kappa shape index (κ3) is 3.79. The van der Waals surface area contributed by atoms with Crippen molar-refractivity contribution in [2.24, 2.45) is 5.92 Å². The molecule has 0 radical (unpaired) electrons. The van der Waals surface area contributed by atoms with Crippen molar-refractivity contribution in [2.45, 2.75) is 38.0 Å². The van der Waals surface area contributed by atoms with Gasteiger partial charge in [0.05, 0.1) is 18.3 Å². The molecule has 0 saturated heterocycles. The Labute approximate surface area is 125 Å². The van der Waals surface area contributed by atoms with Gasteiger partial charge in [0.15, 0.2) is 0 Å². The number of sulfonamides is 1. The van der Waals surface area contributed by atoms with Crippen molar-refractivity contribution in [3.05, 3.63) is 29.6 Å². The molecule has 1 aromatic rings. The van der Waals surface area contributed by atoms with Gasteiger partial charge in [0.1, 0.15) is 0 Å². The number of esters is 1. The van der Waals surface area contributed by atoms with E-state index in [1.54, 1.807) is 6.20 Å². The Hall–Kier alpha value is -1.47. The number of aromatic nitrogens is 1. The molecule has 2 rings (SSSR count). The van der Waals surface area contributed by atoms with Crippen molar-refractivity contribution in [3.8, 4) is 0 Å². The Morgan fingerprint density at radius 1 is 1.43 bits per heavy atom. The number of nitrogens with zero attached hydrogens (tertiary/aromatic N) is 1. The molecule has 1 heterocycles. The van der Waals surface area contributed by atoms with Crippen molar-refractivity contribution in [1.82, 2.24) is 9.71 Å². The predicted octanol–water partition coefficient (Wildman–Crippen LogP) is 1.15. The maximum atomic E-state index is 12.4. The fourth-order valence-corrected chi connectivity index (χ4v) is 4.35. The first-order chi connectivity index (χ1) is 9.94. The zero-order valence-corrected chi connectivity index (χ0v) is 13.0. The average molecular weight is 312 g/mol. The summed E-state index contributed by atoms with van der Waals surface area (Å²) in [5.41, 5.74) is 1.67. The highest BCUT2D eigenvalue weighted by atomic mass is 32.2. The molecule has 0 bridgehead atoms. The van der Waals surface area contributed by atoms with Crippen molar-refractivity contribution in [3.63, 3.8) is 0 Å². The highest BCUT2D eigenvalue weighted by Gasteiger charge is 2.41. The van der Waals surface area contributed by atoms with Gasteiger partial charge in [-0.2, -0.15) is 0 Å². The molecule has 1 N–H and O–H groups in total. The molecule has 1 fully saturated rings. The minimum Gasteiger partial charge on any atom is -0.469 e. The zero-order chi connectivity index (χ0) is 15.5. The van der Waals surface area contributed by atoms with Crippen LogP contribution in [0.3, 0.4) is 0 Å². The number of carbonyl (C=O) groups excluding carboxylic acids is 1. The molecular formula is C14H20N2O4S. The number of ether oxygens (including phenoxy) is 1. The van der Waals surface area contributed by atoms with Gasteiger partial charge in [0.2, 0.25) is 10.0 Å². The van der Waals surface area contributed by atoms with E-state index in [-0.39, 0.29) is 6.54 Å². The maximum Gasteiger partial charge on any atom is 0.310 e. The molecule has 0 spiro atoms. The molecule has 7 heteroatoms. The lowest BCUT2D eigenvalue weighted by molar-refractivity contribution is -0.145. The van der Waals surface area contributed by atoms with E-state index in [2.05, 4.69) is 9.71 Å². The first-order valence-electron chi connectivity index (χ1n) is 6.92. The Balaban J connectivity index is 2.04. The van der Waals surface area contributed by atoms with Gasteiger partial charge < -0.3 is 4.74 Å². The number of aryl methyl sites for hydroxylation is 1. The fraction of sp³-hybridized carbons (Fsp3) is 0.571. The smallest absolute Gasteiger partial charge is 0.310 e. The lowest BCUT2D eigenvalue weighted by Gasteiger charge is -2.18. The molecule has 1 saturated carbocycles. The molecule has 116 valence electrons. The Bertz CT molecular complexity index is 598. The Morgan fingerprint density at radius 2 is 2.19 bits per heavy atom. The van der Waals surface area contributed by atoms with Gasteiger partial charge in [0, 0.05) is 18.4 Å². The van der Waals surface area contributed by atoms with E-state index in [9.17, 15) is 13.2 Å². The molecule has 0 aliphatic heterocycles. The number of hydrogen-bond donors (Lipinski definition) is 1. The van der Waals surface area contributed by atoms with Crippen LogP contribution in [0.15, 0.2) is 18.3 Å². The van der Waals surface area contributed by atoms with Crippen LogP contribution in [0.5, 0.6) is 0 Å². The van der Waals surface area contributed by atoms with Crippen molar-refractivity contribution >= 4 is 16.0 Å². The third-order valence-corrected chi connectivity index (χ3v) is 5.71. The van der Waals surface area contributed by atoms with Crippen molar-refractivity contribution in [1.29, 1.82) is 0 Å². The van der Waals surface area contributed by atoms with Gasteiger partial charge in [0.25, 0.3) is 0 Å². The summed E-state index contributed by atoms with van der Waals surface area (Å²) < 4.78 is 32.0. The zero-order valence-electron chi connectivity index (χ0n) is 12.2. The second-order valence-corrected chi connectivity index (χ2v) is 7.26. The van der Waals surface area contributed by atoms with E-state index in [1.165, 1.54) is 7.11 Å². The highest BCUT2D eigenvalue weighted by molar-refractivity contribution is 7.90. The lowest BCUT2D eigenvalue weighted by atomic mass is 10.1. The van der Waals surface area contributed by atoms with Crippen LogP contribution in [0.4, 0.5) is 0 Å². The predicted molar refractivity (Wildman–Crippen MR) is 77.9 cm³/mol. The maximum absolute atomic E-state index is 12.4. The largest absolute Gasteiger partial charge is 0.469 e. The van der Waals surface area contributed by atoms with E-state index in [0.29, 0.717) is 12.8 Å². The van der Waals surface area contributed by atoms with Gasteiger partial charge in [-0.15, -0.1) is 0 Å². The van der Waals surface area contributed by atoms with Gasteiger partial charge >= 0.3 is 5.97 Å². The minimum absolute atomic E-state index is 0.181. The summed E-state index contributed by atoms with van der Waals surface area (Å²) in [6, 6.07) is 3.66. The normalized spacial score (nSPS) is 22.2. The summed E-state index contributed by atoms with van der Waals surface area (Å²) in [6.07, 6.45) is 3.41. The van der Waals surface area contributed by atoms with Gasteiger partial charge in [-0.3, -0.25) is 9.78 Å². The SMILES string of the molecule is COC(=O)C1CCCC1S(=O)(=O)NCc1ccc(C)nc1. The van der Waals surface area contributed by atoms with Crippen LogP contribution >= 0.6 is 0 Å². The van der Waals surface area contributed by atoms with Crippen LogP contribution in [-0.4, -0.2) is 31.7 Å². The third-order valence-electron chi connectivity index (χ3n) is 3.81. The number of hydrogen-bond acceptors (Lipinski definition) is 5. The fourth-order valence-electron chi connectivity index (χ4n) is 2.61. The van der Waals surface area contributed by atoms with E-state index < -0.39 is 27.2 Å². The highest BCUT2D eigenvalue weighted by Crippen LogP contribution is 2.31. The summed E-state index contributed by atoms with van der Waals surface area (Å²) in [4.78, 5) is 15.8. The topological polar surface area (TPSA) is 85.4 Å². The van der Waals surface area contributed by atoms with E-state index in [0.717, 1.165) is 17.7 Å². The van der Waals surface area contributed by atoms with Crippen LogP contribution in [0, 0.1) is 12.8 Å². The summed E-state index contributed by atoms with van der Waals surface area (Å²) in [5, 5.41) is -0.705. The molecular weight excluding hydrogens is 292 g/mol. The molecule has 2 atom stereocenters. The van der Waals surface area contributed by atoms with Crippen molar-refractivity contribution < 1.29 is 17.9 Å². The lowest BCUT2D eigenvalue weighted by Crippen LogP contribution is -2.39. The van der Waals surface area contributed by atoms with Crippen LogP contribution in [0.25, 0.3) is 0 Å². The van der Waals surface area contributed by atoms with E-state index >= 15 is 0 Å². The number of pyridine rings is 1. The Kier molecular flexibility index (Phi) is 4.95. The summed E-state index contributed by atoms with van der Waals surface area (Å²) in [5.74, 6) is -1.01. The number of carbonyl (C=O) groups is 1. The molecule has 1 aliphatic rings. The number of methoxy groups -OCH3 is 1. The second kappa shape index (κ2) is 6.53. The first kappa shape index (κ1) is 15.9. The molecule has 1 aromatic heterocycles. The minimum atomic E-state index is -3.55. The molecule has 1 aliphatic carbocycles. The quantitative estimate of drug-likeness (QED) is 0.824. The first-order valence-corrected chi connectivity index (χ1v) is 8.46. The van der Waals surface area contributed by atoms with Crippen LogP contribution < -0.4 is 4.72 Å². The summed E-state index contributed by atoms with van der Waals surface area (Å²) in [7, 11) is -2.26. The summed E-state index contributed by atoms with van der Waals surface area (Å²) in [6.45, 7) is 2.05. The van der Waals surface area contributed by atoms with Crippen LogP contribution in [-0.2, 0) is 26.1 Å². The summed E-state index contributed by atoms with van der Waals surface area (Å²) >= 11 is 0. The second-order valence-electron chi connectivity index (χ2n) is 5.27. The van der Waals surface area contributed by atoms with Gasteiger partial charge in [-0.05, 0) is 31.4 Å². The van der Waals surface area contributed by atoms with E-state index in [4.69, 9.17) is 4.74 Å². The number of rotatable bonds is 5. The van der Waals surface area contributed by atoms with Crippen LogP contribution in [0.2, 0.25) is 0 Å². The molecule has 6 nitrogen and oxygen atoms in total. The monoisotopic (exact) mass is 312 g/mol. The van der Waals surface area contributed by atoms with Crippen LogP contribution in [0.1, 0.15) is 30.5 Å². The number of nitrogens with one attached hydrogen (secondary N) is 1. The van der Waals surface area contributed by atoms with Gasteiger partial charge in [-0.25, -0.2) is 13.1 Å². The Morgan fingerprint density at radius 3 is 2.81 bits per heavy atom. The molecule has 21 heavy (non-hydrogen) atoms. The molecule has 0 aromatic carbocycles. The standard InChI is InChI=1S/C14H20N2O4S/c1-10-6-7-11(8-15-10)9-16-21(18,19)13-5-3-4-12(13)14(17)20-2/h6-8,12-13,16H,3-5,9H2,1-2H3. The van der Waals surface area contributed by atoms with Crippen molar-refractivity contribution in [2.75, 3.05) is 7.11 Å². The van der Waals surface area contributed by atoms with E-state index in [1.807, 2.05) is 19.1 Å².